The Bertz CT molecular complexity index is 327. The van der Waals surface area contributed by atoms with E-state index in [4.69, 9.17) is 0 Å². The minimum Gasteiger partial charge on any atom is -0.316 e. The van der Waals surface area contributed by atoms with Crippen molar-refractivity contribution in [3.8, 4) is 0 Å². The third kappa shape index (κ3) is 2.65. The third-order valence-electron chi connectivity index (χ3n) is 3.93. The lowest BCUT2D eigenvalue weighted by molar-refractivity contribution is 0.225. The van der Waals surface area contributed by atoms with E-state index in [9.17, 15) is 0 Å². The van der Waals surface area contributed by atoms with Gasteiger partial charge < -0.3 is 5.32 Å². The predicted octanol–water partition coefficient (Wildman–Crippen LogP) is 3.73. The molecule has 0 atom stereocenters. The standard InChI is InChI=1S/C15H25N/c1-14(2,3)15(4,5)13-9-7-12(8-10-13)11-16-6/h7-10,16H,11H2,1-6H3. The zero-order valence-electron chi connectivity index (χ0n) is 11.5. The summed E-state index contributed by atoms with van der Waals surface area (Å²) in [5.74, 6) is 0. The minimum atomic E-state index is 0.200. The summed E-state index contributed by atoms with van der Waals surface area (Å²) in [6, 6.07) is 8.97. The first-order valence-electron chi connectivity index (χ1n) is 6.03. The number of benzene rings is 1. The van der Waals surface area contributed by atoms with Crippen LogP contribution in [-0.4, -0.2) is 7.05 Å². The zero-order valence-corrected chi connectivity index (χ0v) is 11.5. The highest BCUT2D eigenvalue weighted by atomic mass is 14.8. The molecule has 1 aromatic rings. The molecule has 0 saturated carbocycles. The third-order valence-corrected chi connectivity index (χ3v) is 3.93. The quantitative estimate of drug-likeness (QED) is 0.817. The predicted molar refractivity (Wildman–Crippen MR) is 71.7 cm³/mol. The van der Waals surface area contributed by atoms with Crippen molar-refractivity contribution < 1.29 is 0 Å². The van der Waals surface area contributed by atoms with Crippen molar-refractivity contribution in [3.63, 3.8) is 0 Å². The maximum atomic E-state index is 3.17. The highest BCUT2D eigenvalue weighted by Gasteiger charge is 2.34. The Kier molecular flexibility index (Phi) is 3.80. The molecule has 16 heavy (non-hydrogen) atoms. The second-order valence-electron chi connectivity index (χ2n) is 6.10. The summed E-state index contributed by atoms with van der Waals surface area (Å²) < 4.78 is 0. The van der Waals surface area contributed by atoms with Gasteiger partial charge in [-0.2, -0.15) is 0 Å². The Morgan fingerprint density at radius 3 is 1.81 bits per heavy atom. The van der Waals surface area contributed by atoms with Crippen molar-refractivity contribution in [1.29, 1.82) is 0 Å². The maximum absolute atomic E-state index is 3.17. The molecule has 0 bridgehead atoms. The number of hydrogen-bond acceptors (Lipinski definition) is 1. The van der Waals surface area contributed by atoms with E-state index in [1.807, 2.05) is 7.05 Å². The Morgan fingerprint density at radius 2 is 1.44 bits per heavy atom. The smallest absolute Gasteiger partial charge is 0.0202 e. The lowest BCUT2D eigenvalue weighted by atomic mass is 9.65. The molecule has 0 fully saturated rings. The molecule has 0 amide bonds. The molecule has 0 spiro atoms. The van der Waals surface area contributed by atoms with E-state index in [0.717, 1.165) is 6.54 Å². The van der Waals surface area contributed by atoms with Gasteiger partial charge >= 0.3 is 0 Å². The van der Waals surface area contributed by atoms with Crippen LogP contribution < -0.4 is 5.32 Å². The number of rotatable bonds is 3. The van der Waals surface area contributed by atoms with Gasteiger partial charge in [0.2, 0.25) is 0 Å². The van der Waals surface area contributed by atoms with Gasteiger partial charge in [0.15, 0.2) is 0 Å². The topological polar surface area (TPSA) is 12.0 Å². The monoisotopic (exact) mass is 219 g/mol. The second kappa shape index (κ2) is 4.58. The highest BCUT2D eigenvalue weighted by Crippen LogP contribution is 2.40. The largest absolute Gasteiger partial charge is 0.316 e. The van der Waals surface area contributed by atoms with Crippen molar-refractivity contribution in [2.24, 2.45) is 5.41 Å². The molecule has 0 aliphatic carbocycles. The van der Waals surface area contributed by atoms with Crippen LogP contribution in [0.2, 0.25) is 0 Å². The molecular weight excluding hydrogens is 194 g/mol. The first kappa shape index (κ1) is 13.2. The lowest BCUT2D eigenvalue weighted by Gasteiger charge is -2.39. The Hall–Kier alpha value is -0.820. The molecule has 0 aliphatic rings. The zero-order chi connectivity index (χ0) is 12.4. The van der Waals surface area contributed by atoms with Crippen LogP contribution in [0.4, 0.5) is 0 Å². The van der Waals surface area contributed by atoms with Gasteiger partial charge in [-0.3, -0.25) is 0 Å². The Morgan fingerprint density at radius 1 is 0.938 bits per heavy atom. The van der Waals surface area contributed by atoms with E-state index in [0.29, 0.717) is 0 Å². The molecule has 1 rings (SSSR count). The van der Waals surface area contributed by atoms with Gasteiger partial charge in [0, 0.05) is 6.54 Å². The molecule has 0 radical (unpaired) electrons. The van der Waals surface area contributed by atoms with Crippen molar-refractivity contribution in [1.82, 2.24) is 5.32 Å². The first-order valence-corrected chi connectivity index (χ1v) is 6.03. The van der Waals surface area contributed by atoms with E-state index in [1.165, 1.54) is 11.1 Å². The molecule has 0 heterocycles. The van der Waals surface area contributed by atoms with Gasteiger partial charge in [0.25, 0.3) is 0 Å². The lowest BCUT2D eigenvalue weighted by Crippen LogP contribution is -2.33. The van der Waals surface area contributed by atoms with Gasteiger partial charge in [0.1, 0.15) is 0 Å². The highest BCUT2D eigenvalue weighted by molar-refractivity contribution is 5.29. The SMILES string of the molecule is CNCc1ccc(C(C)(C)C(C)(C)C)cc1. The van der Waals surface area contributed by atoms with Crippen molar-refractivity contribution in [3.05, 3.63) is 35.4 Å². The minimum absolute atomic E-state index is 0.200. The molecule has 1 aromatic carbocycles. The molecule has 1 heteroatoms. The van der Waals surface area contributed by atoms with Gasteiger partial charge in [-0.05, 0) is 29.0 Å². The number of nitrogens with one attached hydrogen (secondary N) is 1. The molecule has 0 unspecified atom stereocenters. The average Bonchev–Trinajstić information content (AvgIpc) is 2.17. The van der Waals surface area contributed by atoms with Crippen LogP contribution in [0.5, 0.6) is 0 Å². The molecule has 0 aliphatic heterocycles. The molecule has 0 saturated heterocycles. The van der Waals surface area contributed by atoms with E-state index in [2.05, 4.69) is 64.2 Å². The summed E-state index contributed by atoms with van der Waals surface area (Å²) in [7, 11) is 1.98. The average molecular weight is 219 g/mol. The summed E-state index contributed by atoms with van der Waals surface area (Å²) in [6.45, 7) is 12.5. The molecule has 90 valence electrons. The van der Waals surface area contributed by atoms with E-state index < -0.39 is 0 Å². The second-order valence-corrected chi connectivity index (χ2v) is 6.10. The van der Waals surface area contributed by atoms with Crippen LogP contribution in [0, 0.1) is 5.41 Å². The van der Waals surface area contributed by atoms with Gasteiger partial charge in [-0.25, -0.2) is 0 Å². The van der Waals surface area contributed by atoms with Crippen molar-refractivity contribution >= 4 is 0 Å². The summed E-state index contributed by atoms with van der Waals surface area (Å²) >= 11 is 0. The maximum Gasteiger partial charge on any atom is 0.0202 e. The Balaban J connectivity index is 2.97. The van der Waals surface area contributed by atoms with Crippen molar-refractivity contribution in [2.75, 3.05) is 7.05 Å². The summed E-state index contributed by atoms with van der Waals surface area (Å²) in [5, 5.41) is 3.17. The molecule has 1 N–H and O–H groups in total. The summed E-state index contributed by atoms with van der Waals surface area (Å²) in [6.07, 6.45) is 0. The molecule has 0 aromatic heterocycles. The summed E-state index contributed by atoms with van der Waals surface area (Å²) in [5.41, 5.74) is 3.23. The van der Waals surface area contributed by atoms with Gasteiger partial charge in [-0.15, -0.1) is 0 Å². The van der Waals surface area contributed by atoms with Crippen LogP contribution in [-0.2, 0) is 12.0 Å². The van der Waals surface area contributed by atoms with Crippen LogP contribution in [0.15, 0.2) is 24.3 Å². The first-order chi connectivity index (χ1) is 7.29. The van der Waals surface area contributed by atoms with Gasteiger partial charge in [-0.1, -0.05) is 58.9 Å². The van der Waals surface area contributed by atoms with Crippen LogP contribution >= 0.6 is 0 Å². The number of hydrogen-bond donors (Lipinski definition) is 1. The normalized spacial score (nSPS) is 12.9. The van der Waals surface area contributed by atoms with E-state index in [1.54, 1.807) is 0 Å². The fourth-order valence-corrected chi connectivity index (χ4v) is 1.68. The van der Waals surface area contributed by atoms with Crippen LogP contribution in [0.3, 0.4) is 0 Å². The van der Waals surface area contributed by atoms with E-state index >= 15 is 0 Å². The molecular formula is C15H25N. The fraction of sp³-hybridized carbons (Fsp3) is 0.600. The van der Waals surface area contributed by atoms with E-state index in [-0.39, 0.29) is 10.8 Å². The fourth-order valence-electron chi connectivity index (χ4n) is 1.68. The summed E-state index contributed by atoms with van der Waals surface area (Å²) in [4.78, 5) is 0. The van der Waals surface area contributed by atoms with Crippen LogP contribution in [0.25, 0.3) is 0 Å². The van der Waals surface area contributed by atoms with Crippen molar-refractivity contribution in [2.45, 2.75) is 46.6 Å². The Labute approximate surface area is 100 Å². The molecule has 1 nitrogen and oxygen atoms in total. The van der Waals surface area contributed by atoms with Gasteiger partial charge in [0.05, 0.1) is 0 Å². The van der Waals surface area contributed by atoms with Crippen LogP contribution in [0.1, 0.15) is 45.7 Å².